The topological polar surface area (TPSA) is 108 Å². The summed E-state index contributed by atoms with van der Waals surface area (Å²) in [5.74, 6) is -2.05. The van der Waals surface area contributed by atoms with Crippen molar-refractivity contribution in [2.24, 2.45) is 11.8 Å². The third-order valence-corrected chi connectivity index (χ3v) is 9.11. The summed E-state index contributed by atoms with van der Waals surface area (Å²) in [4.78, 5) is 42.9. The quantitative estimate of drug-likeness (QED) is 0.257. The smallest absolute Gasteiger partial charge is 0.246 e. The third-order valence-electron chi connectivity index (χ3n) is 8.27. The number of unbranched alkanes of at least 4 members (excludes halogenated alkanes) is 3. The van der Waals surface area contributed by atoms with Crippen molar-refractivity contribution in [1.82, 2.24) is 15.5 Å². The Bertz CT molecular complexity index is 1170. The van der Waals surface area contributed by atoms with Crippen LogP contribution in [0.5, 0.6) is 0 Å². The van der Waals surface area contributed by atoms with E-state index in [1.165, 1.54) is 0 Å². The minimum absolute atomic E-state index is 0.136. The van der Waals surface area contributed by atoms with Gasteiger partial charge in [0.25, 0.3) is 0 Å². The van der Waals surface area contributed by atoms with Gasteiger partial charge in [-0.3, -0.25) is 14.4 Å². The molecule has 2 aromatic rings. The van der Waals surface area contributed by atoms with Crippen molar-refractivity contribution in [3.8, 4) is 0 Å². The lowest BCUT2D eigenvalue weighted by molar-refractivity contribution is -0.142. The van der Waals surface area contributed by atoms with Crippen LogP contribution in [0.4, 0.5) is 0 Å². The molecule has 3 heterocycles. The number of aliphatic hydroxyl groups is 1. The second-order valence-electron chi connectivity index (χ2n) is 10.7. The first kappa shape index (κ1) is 27.8. The van der Waals surface area contributed by atoms with Crippen LogP contribution >= 0.6 is 15.9 Å². The second kappa shape index (κ2) is 12.2. The lowest BCUT2D eigenvalue weighted by Crippen LogP contribution is -2.56. The Labute approximate surface area is 237 Å². The SMILES string of the molecule is O=C(NCc1ccccc1)C1N(CCCCCCO)C(=O)[C@@H]2[C@H](C(=O)NCc3ccccc3)[C@H]3OC12CC3Br. The van der Waals surface area contributed by atoms with Crippen LogP contribution in [-0.2, 0) is 32.2 Å². The summed E-state index contributed by atoms with van der Waals surface area (Å²) in [5.41, 5.74) is 0.879. The summed E-state index contributed by atoms with van der Waals surface area (Å²) in [6, 6.07) is 18.5. The molecule has 3 fully saturated rings. The minimum atomic E-state index is -1.06. The predicted octanol–water partition coefficient (Wildman–Crippen LogP) is 2.92. The Morgan fingerprint density at radius 1 is 0.923 bits per heavy atom. The molecule has 9 heteroatoms. The Morgan fingerprint density at radius 3 is 2.13 bits per heavy atom. The monoisotopic (exact) mass is 597 g/mol. The van der Waals surface area contributed by atoms with E-state index in [1.807, 2.05) is 60.7 Å². The van der Waals surface area contributed by atoms with Gasteiger partial charge in [0.05, 0.1) is 17.9 Å². The summed E-state index contributed by atoms with van der Waals surface area (Å²) < 4.78 is 6.55. The molecule has 1 spiro atoms. The Hall–Kier alpha value is -2.75. The second-order valence-corrected chi connectivity index (χ2v) is 11.9. The fraction of sp³-hybridized carbons (Fsp3) is 0.500. The molecule has 2 aromatic carbocycles. The van der Waals surface area contributed by atoms with Gasteiger partial charge in [-0.1, -0.05) is 89.4 Å². The van der Waals surface area contributed by atoms with Crippen LogP contribution in [0.1, 0.15) is 43.2 Å². The Kier molecular flexibility index (Phi) is 8.69. The summed E-state index contributed by atoms with van der Waals surface area (Å²) in [6.07, 6.45) is 3.12. The van der Waals surface area contributed by atoms with Crippen LogP contribution in [0.3, 0.4) is 0 Å². The van der Waals surface area contributed by atoms with Crippen molar-refractivity contribution in [2.75, 3.05) is 13.2 Å². The first-order chi connectivity index (χ1) is 19.0. The van der Waals surface area contributed by atoms with Gasteiger partial charge in [0.1, 0.15) is 11.6 Å². The minimum Gasteiger partial charge on any atom is -0.396 e. The molecule has 3 amide bonds. The summed E-state index contributed by atoms with van der Waals surface area (Å²) >= 11 is 3.71. The van der Waals surface area contributed by atoms with Gasteiger partial charge in [0.15, 0.2) is 0 Å². The van der Waals surface area contributed by atoms with E-state index in [9.17, 15) is 14.4 Å². The molecule has 39 heavy (non-hydrogen) atoms. The van der Waals surface area contributed by atoms with E-state index in [-0.39, 0.29) is 29.2 Å². The number of carbonyl (C=O) groups is 3. The number of carbonyl (C=O) groups excluding carboxylic acids is 3. The number of likely N-dealkylation sites (tertiary alicyclic amines) is 1. The Balaban J connectivity index is 1.37. The Morgan fingerprint density at radius 2 is 1.51 bits per heavy atom. The van der Waals surface area contributed by atoms with Crippen molar-refractivity contribution >= 4 is 33.7 Å². The molecule has 5 rings (SSSR count). The number of ether oxygens (including phenoxy) is 1. The number of hydrogen-bond acceptors (Lipinski definition) is 5. The number of aliphatic hydroxyl groups excluding tert-OH is 1. The first-order valence-electron chi connectivity index (χ1n) is 13.8. The highest BCUT2D eigenvalue weighted by molar-refractivity contribution is 9.09. The van der Waals surface area contributed by atoms with E-state index in [2.05, 4.69) is 26.6 Å². The maximum absolute atomic E-state index is 14.0. The average molecular weight is 599 g/mol. The fourth-order valence-electron chi connectivity index (χ4n) is 6.50. The normalized spacial score (nSPS) is 28.9. The van der Waals surface area contributed by atoms with Crippen molar-refractivity contribution in [2.45, 2.75) is 67.8 Å². The zero-order chi connectivity index (χ0) is 27.4. The molecule has 3 aliphatic heterocycles. The van der Waals surface area contributed by atoms with Crippen molar-refractivity contribution < 1.29 is 24.2 Å². The highest BCUT2D eigenvalue weighted by Crippen LogP contribution is 2.60. The molecule has 0 radical (unpaired) electrons. The number of hydrogen-bond donors (Lipinski definition) is 3. The summed E-state index contributed by atoms with van der Waals surface area (Å²) in [7, 11) is 0. The van der Waals surface area contributed by atoms with Crippen LogP contribution in [0.2, 0.25) is 0 Å². The number of benzene rings is 2. The molecule has 0 aromatic heterocycles. The van der Waals surface area contributed by atoms with Crippen LogP contribution in [-0.4, -0.2) is 63.5 Å². The van der Waals surface area contributed by atoms with E-state index in [4.69, 9.17) is 9.84 Å². The van der Waals surface area contributed by atoms with Crippen LogP contribution in [0.15, 0.2) is 60.7 Å². The maximum atomic E-state index is 14.0. The largest absolute Gasteiger partial charge is 0.396 e. The molecule has 2 bridgehead atoms. The van der Waals surface area contributed by atoms with Crippen LogP contribution in [0.25, 0.3) is 0 Å². The van der Waals surface area contributed by atoms with E-state index in [1.54, 1.807) is 4.90 Å². The summed E-state index contributed by atoms with van der Waals surface area (Å²) in [6.45, 7) is 1.25. The van der Waals surface area contributed by atoms with Crippen molar-refractivity contribution in [3.63, 3.8) is 0 Å². The fourth-order valence-corrected chi connectivity index (χ4v) is 7.45. The van der Waals surface area contributed by atoms with Gasteiger partial charge < -0.3 is 25.4 Å². The average Bonchev–Trinajstić information content (AvgIpc) is 3.55. The third kappa shape index (κ3) is 5.49. The van der Waals surface area contributed by atoms with Gasteiger partial charge in [-0.2, -0.15) is 0 Å². The molecular weight excluding hydrogens is 562 g/mol. The standard InChI is InChI=1S/C30H36BrN3O5/c31-22-17-30-24(23(25(22)39-30)27(36)32-18-20-11-5-3-6-12-20)29(38)34(15-9-1-2-10-16-35)26(30)28(37)33-19-21-13-7-4-8-14-21/h3-8,11-14,22-26,35H,1-2,9-10,15-19H2,(H,32,36)(H,33,37)/t22?,23-,24-,25-,26?,30?/m0/s1. The van der Waals surface area contributed by atoms with Gasteiger partial charge in [0, 0.05) is 31.1 Å². The number of alkyl halides is 1. The lowest BCUT2D eigenvalue weighted by Gasteiger charge is -2.34. The first-order valence-corrected chi connectivity index (χ1v) is 14.7. The van der Waals surface area contributed by atoms with Crippen LogP contribution in [0, 0.1) is 11.8 Å². The van der Waals surface area contributed by atoms with Crippen molar-refractivity contribution in [3.05, 3.63) is 71.8 Å². The number of rotatable bonds is 12. The van der Waals surface area contributed by atoms with Crippen molar-refractivity contribution in [1.29, 1.82) is 0 Å². The van der Waals surface area contributed by atoms with E-state index >= 15 is 0 Å². The predicted molar refractivity (Wildman–Crippen MR) is 150 cm³/mol. The number of nitrogens with zero attached hydrogens (tertiary/aromatic N) is 1. The molecule has 8 nitrogen and oxygen atoms in total. The lowest BCUT2D eigenvalue weighted by atomic mass is 9.70. The van der Waals surface area contributed by atoms with Gasteiger partial charge in [0.2, 0.25) is 17.7 Å². The van der Waals surface area contributed by atoms with Gasteiger partial charge >= 0.3 is 0 Å². The van der Waals surface area contributed by atoms with Gasteiger partial charge in [-0.25, -0.2) is 0 Å². The van der Waals surface area contributed by atoms with Crippen LogP contribution < -0.4 is 10.6 Å². The number of halogens is 1. The van der Waals surface area contributed by atoms with E-state index in [0.29, 0.717) is 38.9 Å². The zero-order valence-corrected chi connectivity index (χ0v) is 23.5. The maximum Gasteiger partial charge on any atom is 0.246 e. The molecule has 3 unspecified atom stereocenters. The molecule has 0 aliphatic carbocycles. The number of nitrogens with one attached hydrogen (secondary N) is 2. The van der Waals surface area contributed by atoms with Gasteiger partial charge in [-0.15, -0.1) is 0 Å². The highest BCUT2D eigenvalue weighted by atomic mass is 79.9. The molecule has 3 N–H and O–H groups in total. The van der Waals surface area contributed by atoms with E-state index < -0.39 is 29.6 Å². The number of fused-ring (bicyclic) bond motifs is 1. The summed E-state index contributed by atoms with van der Waals surface area (Å²) in [5, 5.41) is 15.2. The molecule has 3 aliphatic rings. The highest BCUT2D eigenvalue weighted by Gasteiger charge is 2.76. The molecule has 208 valence electrons. The molecule has 6 atom stereocenters. The molecule has 0 saturated carbocycles. The van der Waals surface area contributed by atoms with E-state index in [0.717, 1.165) is 24.0 Å². The number of amides is 3. The van der Waals surface area contributed by atoms with Gasteiger partial charge in [-0.05, 0) is 30.4 Å². The molecule has 3 saturated heterocycles. The zero-order valence-electron chi connectivity index (χ0n) is 21.9. The molecular formula is C30H36BrN3O5.